The van der Waals surface area contributed by atoms with E-state index in [9.17, 15) is 4.79 Å². The third-order valence-corrected chi connectivity index (χ3v) is 2.94. The maximum atomic E-state index is 11.2. The first-order chi connectivity index (χ1) is 7.68. The van der Waals surface area contributed by atoms with Gasteiger partial charge in [-0.2, -0.15) is 0 Å². The summed E-state index contributed by atoms with van der Waals surface area (Å²) in [6, 6.07) is 0. The van der Waals surface area contributed by atoms with Gasteiger partial charge in [0.1, 0.15) is 6.10 Å². The standard InChI is InChI=1S/C12H22O4/c13-11(14)8-3-1-2-6-10-7-4-5-9-12(15)16-10/h10-11,13-14H,1-9H2. The molecule has 1 fully saturated rings. The summed E-state index contributed by atoms with van der Waals surface area (Å²) < 4.78 is 5.30. The number of unbranched alkanes of at least 4 members (excludes halogenated alkanes) is 2. The quantitative estimate of drug-likeness (QED) is 0.414. The van der Waals surface area contributed by atoms with Gasteiger partial charge in [0.25, 0.3) is 0 Å². The van der Waals surface area contributed by atoms with E-state index in [1.54, 1.807) is 0 Å². The summed E-state index contributed by atoms with van der Waals surface area (Å²) in [5.74, 6) is -0.0618. The van der Waals surface area contributed by atoms with Gasteiger partial charge in [-0.1, -0.05) is 6.42 Å². The number of aliphatic hydroxyl groups excluding tert-OH is 1. The Morgan fingerprint density at radius 2 is 2.06 bits per heavy atom. The summed E-state index contributed by atoms with van der Waals surface area (Å²) in [7, 11) is 0. The van der Waals surface area contributed by atoms with Crippen molar-refractivity contribution >= 4 is 5.97 Å². The molecule has 94 valence electrons. The van der Waals surface area contributed by atoms with Crippen molar-refractivity contribution in [3.63, 3.8) is 0 Å². The van der Waals surface area contributed by atoms with Crippen LogP contribution in [0.3, 0.4) is 0 Å². The van der Waals surface area contributed by atoms with E-state index in [0.29, 0.717) is 12.8 Å². The molecule has 1 aliphatic heterocycles. The van der Waals surface area contributed by atoms with E-state index in [0.717, 1.165) is 44.9 Å². The van der Waals surface area contributed by atoms with Crippen molar-refractivity contribution in [2.45, 2.75) is 70.2 Å². The van der Waals surface area contributed by atoms with Gasteiger partial charge in [0.2, 0.25) is 0 Å². The Bertz CT molecular complexity index is 203. The molecule has 0 bridgehead atoms. The van der Waals surface area contributed by atoms with Crippen LogP contribution < -0.4 is 0 Å². The van der Waals surface area contributed by atoms with Gasteiger partial charge in [0, 0.05) is 6.42 Å². The molecule has 4 nitrogen and oxygen atoms in total. The van der Waals surface area contributed by atoms with Crippen molar-refractivity contribution in [1.29, 1.82) is 0 Å². The summed E-state index contributed by atoms with van der Waals surface area (Å²) in [5, 5.41) is 17.3. The minimum atomic E-state index is -1.18. The maximum Gasteiger partial charge on any atom is 0.306 e. The van der Waals surface area contributed by atoms with Gasteiger partial charge in [0.15, 0.2) is 6.29 Å². The molecular weight excluding hydrogens is 208 g/mol. The van der Waals surface area contributed by atoms with Gasteiger partial charge < -0.3 is 14.9 Å². The fourth-order valence-corrected chi connectivity index (χ4v) is 2.02. The Labute approximate surface area is 96.6 Å². The normalized spacial score (nSPS) is 21.9. The average Bonchev–Trinajstić information content (AvgIpc) is 2.42. The molecule has 2 N–H and O–H groups in total. The van der Waals surface area contributed by atoms with Crippen LogP contribution in [0.1, 0.15) is 57.8 Å². The fourth-order valence-electron chi connectivity index (χ4n) is 2.02. The van der Waals surface area contributed by atoms with Gasteiger partial charge in [-0.25, -0.2) is 0 Å². The topological polar surface area (TPSA) is 66.8 Å². The zero-order valence-electron chi connectivity index (χ0n) is 9.73. The lowest BCUT2D eigenvalue weighted by molar-refractivity contribution is -0.148. The zero-order chi connectivity index (χ0) is 11.8. The molecule has 16 heavy (non-hydrogen) atoms. The molecule has 1 atom stereocenters. The second-order valence-corrected chi connectivity index (χ2v) is 4.48. The van der Waals surface area contributed by atoms with Crippen molar-refractivity contribution < 1.29 is 19.7 Å². The van der Waals surface area contributed by atoms with Crippen molar-refractivity contribution in [1.82, 2.24) is 0 Å². The SMILES string of the molecule is O=C1CCCCC(CCCCCC(O)O)O1. The molecule has 0 amide bonds. The second-order valence-electron chi connectivity index (χ2n) is 4.48. The predicted molar refractivity (Wildman–Crippen MR) is 59.7 cm³/mol. The fraction of sp³-hybridized carbons (Fsp3) is 0.917. The molecule has 0 aromatic heterocycles. The first-order valence-electron chi connectivity index (χ1n) is 6.24. The molecule has 1 heterocycles. The van der Waals surface area contributed by atoms with Crippen molar-refractivity contribution in [2.24, 2.45) is 0 Å². The monoisotopic (exact) mass is 230 g/mol. The molecular formula is C12H22O4. The van der Waals surface area contributed by atoms with E-state index >= 15 is 0 Å². The van der Waals surface area contributed by atoms with E-state index in [-0.39, 0.29) is 12.1 Å². The predicted octanol–water partition coefficient (Wildman–Crippen LogP) is 1.73. The van der Waals surface area contributed by atoms with E-state index in [2.05, 4.69) is 0 Å². The lowest BCUT2D eigenvalue weighted by Crippen LogP contribution is -2.15. The Balaban J connectivity index is 2.05. The molecule has 0 radical (unpaired) electrons. The van der Waals surface area contributed by atoms with Crippen molar-refractivity contribution in [3.8, 4) is 0 Å². The minimum Gasteiger partial charge on any atom is -0.462 e. The number of hydrogen-bond donors (Lipinski definition) is 2. The van der Waals surface area contributed by atoms with Crippen LogP contribution >= 0.6 is 0 Å². The number of carbonyl (C=O) groups is 1. The highest BCUT2D eigenvalue weighted by Crippen LogP contribution is 2.19. The number of hydrogen-bond acceptors (Lipinski definition) is 4. The van der Waals surface area contributed by atoms with Crippen LogP contribution in [0.25, 0.3) is 0 Å². The molecule has 1 unspecified atom stereocenters. The lowest BCUT2D eigenvalue weighted by Gasteiger charge is -2.14. The Morgan fingerprint density at radius 3 is 2.81 bits per heavy atom. The number of esters is 1. The van der Waals surface area contributed by atoms with Crippen LogP contribution in [-0.2, 0) is 9.53 Å². The number of rotatable bonds is 6. The van der Waals surface area contributed by atoms with Crippen LogP contribution in [0.5, 0.6) is 0 Å². The number of aliphatic hydroxyl groups is 2. The van der Waals surface area contributed by atoms with Gasteiger partial charge in [-0.05, 0) is 44.9 Å². The zero-order valence-corrected chi connectivity index (χ0v) is 9.73. The molecule has 1 saturated heterocycles. The van der Waals surface area contributed by atoms with Gasteiger partial charge in [-0.3, -0.25) is 4.79 Å². The third kappa shape index (κ3) is 6.08. The van der Waals surface area contributed by atoms with Gasteiger partial charge in [0.05, 0.1) is 0 Å². The average molecular weight is 230 g/mol. The van der Waals surface area contributed by atoms with Crippen molar-refractivity contribution in [3.05, 3.63) is 0 Å². The molecule has 1 aliphatic rings. The summed E-state index contributed by atoms with van der Waals surface area (Å²) in [6.07, 6.45) is 6.59. The minimum absolute atomic E-state index is 0.0618. The van der Waals surface area contributed by atoms with Crippen molar-refractivity contribution in [2.75, 3.05) is 0 Å². The van der Waals surface area contributed by atoms with Crippen LogP contribution in [0.15, 0.2) is 0 Å². The molecule has 0 spiro atoms. The second kappa shape index (κ2) is 7.63. The molecule has 0 aliphatic carbocycles. The Morgan fingerprint density at radius 1 is 1.25 bits per heavy atom. The van der Waals surface area contributed by atoms with Gasteiger partial charge >= 0.3 is 5.97 Å². The summed E-state index contributed by atoms with van der Waals surface area (Å²) in [5.41, 5.74) is 0. The Kier molecular flexibility index (Phi) is 6.42. The van der Waals surface area contributed by atoms with Crippen LogP contribution in [0, 0.1) is 0 Å². The summed E-state index contributed by atoms with van der Waals surface area (Å²) in [6.45, 7) is 0. The van der Waals surface area contributed by atoms with E-state index < -0.39 is 6.29 Å². The highest BCUT2D eigenvalue weighted by atomic mass is 16.5. The molecule has 0 saturated carbocycles. The largest absolute Gasteiger partial charge is 0.462 e. The Hall–Kier alpha value is -0.610. The smallest absolute Gasteiger partial charge is 0.306 e. The lowest BCUT2D eigenvalue weighted by atomic mass is 10.0. The van der Waals surface area contributed by atoms with Gasteiger partial charge in [-0.15, -0.1) is 0 Å². The molecule has 0 aromatic carbocycles. The molecule has 4 heteroatoms. The first-order valence-corrected chi connectivity index (χ1v) is 6.24. The summed E-state index contributed by atoms with van der Waals surface area (Å²) in [4.78, 5) is 11.2. The number of ether oxygens (including phenoxy) is 1. The van der Waals surface area contributed by atoms with Crippen LogP contribution in [-0.4, -0.2) is 28.6 Å². The highest BCUT2D eigenvalue weighted by Gasteiger charge is 2.17. The van der Waals surface area contributed by atoms with Crippen LogP contribution in [0.4, 0.5) is 0 Å². The first kappa shape index (κ1) is 13.5. The molecule has 0 aromatic rings. The van der Waals surface area contributed by atoms with E-state index in [4.69, 9.17) is 14.9 Å². The number of cyclic esters (lactones) is 1. The highest BCUT2D eigenvalue weighted by molar-refractivity contribution is 5.69. The van der Waals surface area contributed by atoms with Crippen LogP contribution in [0.2, 0.25) is 0 Å². The summed E-state index contributed by atoms with van der Waals surface area (Å²) >= 11 is 0. The molecule has 1 rings (SSSR count). The third-order valence-electron chi connectivity index (χ3n) is 2.94. The van der Waals surface area contributed by atoms with E-state index in [1.807, 2.05) is 0 Å². The number of carbonyl (C=O) groups excluding carboxylic acids is 1. The van der Waals surface area contributed by atoms with E-state index in [1.165, 1.54) is 0 Å². The maximum absolute atomic E-state index is 11.2.